The number of carbonyl (C=O) groups is 1. The molecule has 0 aliphatic rings. The predicted molar refractivity (Wildman–Crippen MR) is 112 cm³/mol. The van der Waals surface area contributed by atoms with Crippen molar-refractivity contribution in [3.05, 3.63) is 95.3 Å². The molecule has 31 heavy (non-hydrogen) atoms. The lowest BCUT2D eigenvalue weighted by Gasteiger charge is -2.18. The number of ketones is 1. The largest absolute Gasteiger partial charge is 0.298 e. The second-order valence-electron chi connectivity index (χ2n) is 6.92. The van der Waals surface area contributed by atoms with Crippen molar-refractivity contribution in [2.45, 2.75) is 29.1 Å². The van der Waals surface area contributed by atoms with E-state index in [0.717, 1.165) is 35.4 Å². The molecule has 1 unspecified atom stereocenters. The minimum absolute atomic E-state index is 0.207. The van der Waals surface area contributed by atoms with Crippen molar-refractivity contribution < 1.29 is 30.2 Å². The topological polar surface area (TPSA) is 94.6 Å². The maximum Gasteiger partial charge on any atom is 0.298 e. The molecule has 3 aromatic rings. The highest BCUT2D eigenvalue weighted by Crippen LogP contribution is 2.25. The van der Waals surface area contributed by atoms with Gasteiger partial charge in [0.15, 0.2) is 0 Å². The number of hydrogen-bond acceptors (Lipinski definition) is 6. The van der Waals surface area contributed by atoms with Crippen molar-refractivity contribution in [2.24, 2.45) is 0 Å². The monoisotopic (exact) mass is 462 g/mol. The Bertz CT molecular complexity index is 1300. The first-order chi connectivity index (χ1) is 14.5. The van der Waals surface area contributed by atoms with Crippen LogP contribution in [0.3, 0.4) is 0 Å². The lowest BCUT2D eigenvalue weighted by Crippen LogP contribution is -2.35. The Morgan fingerprint density at radius 3 is 1.68 bits per heavy atom. The molecule has 3 aromatic carbocycles. The van der Waals surface area contributed by atoms with Gasteiger partial charge in [0.1, 0.15) is 5.82 Å². The summed E-state index contributed by atoms with van der Waals surface area (Å²) < 4.78 is 70.2. The lowest BCUT2D eigenvalue weighted by molar-refractivity contribution is 0.0887. The average Bonchev–Trinajstić information content (AvgIpc) is 2.73. The Kier molecular flexibility index (Phi) is 6.40. The molecule has 0 bridgehead atoms. The van der Waals surface area contributed by atoms with Crippen molar-refractivity contribution in [2.75, 3.05) is 0 Å². The van der Waals surface area contributed by atoms with E-state index in [1.54, 1.807) is 13.8 Å². The maximum atomic E-state index is 13.3. The Morgan fingerprint density at radius 2 is 1.19 bits per heavy atom. The van der Waals surface area contributed by atoms with Crippen LogP contribution in [0.15, 0.2) is 82.6 Å². The molecule has 0 aliphatic carbocycles. The van der Waals surface area contributed by atoms with Gasteiger partial charge < -0.3 is 0 Å². The van der Waals surface area contributed by atoms with Crippen LogP contribution in [0.5, 0.6) is 0 Å². The normalized spacial score (nSPS) is 13.0. The predicted octanol–water partition coefficient (Wildman–Crippen LogP) is 3.83. The van der Waals surface area contributed by atoms with Gasteiger partial charge in [-0.3, -0.25) is 4.79 Å². The number of hydrogen-bond donors (Lipinski definition) is 0. The number of benzene rings is 3. The van der Waals surface area contributed by atoms with Crippen molar-refractivity contribution >= 4 is 25.7 Å². The van der Waals surface area contributed by atoms with E-state index in [2.05, 4.69) is 0 Å². The Balaban J connectivity index is 2.09. The molecule has 0 spiro atoms. The summed E-state index contributed by atoms with van der Waals surface area (Å²) in [7, 11) is -9.18. The van der Waals surface area contributed by atoms with E-state index in [9.17, 15) is 26.0 Å². The molecule has 6 nitrogen and oxygen atoms in total. The summed E-state index contributed by atoms with van der Waals surface area (Å²) >= 11 is 0. The molecular formula is C22H19FO6S2. The third-order valence-electron chi connectivity index (χ3n) is 4.50. The molecular weight excluding hydrogens is 443 g/mol. The second kappa shape index (κ2) is 8.70. The molecule has 0 N–H and O–H groups in total. The summed E-state index contributed by atoms with van der Waals surface area (Å²) in [5.74, 6) is -1.76. The number of carbonyl (C=O) groups excluding carboxylic acids is 1. The van der Waals surface area contributed by atoms with Crippen molar-refractivity contribution in [1.29, 1.82) is 0 Å². The zero-order chi connectivity index (χ0) is 22.8. The first-order valence-electron chi connectivity index (χ1n) is 9.11. The summed E-state index contributed by atoms with van der Waals surface area (Å²) in [6, 6.07) is 15.2. The minimum atomic E-state index is -4.61. The molecule has 0 heterocycles. The summed E-state index contributed by atoms with van der Waals surface area (Å²) in [4.78, 5) is 12.4. The molecule has 0 saturated carbocycles. The molecule has 162 valence electrons. The van der Waals surface area contributed by atoms with E-state index in [0.29, 0.717) is 0 Å². The number of aryl methyl sites for hydroxylation is 2. The van der Waals surface area contributed by atoms with Crippen molar-refractivity contribution in [3.63, 3.8) is 0 Å². The SMILES string of the molecule is Cc1ccc(S(=O)(=O)OC(C(=O)c2ccc(F)cc2)S(=O)(=O)c2ccc(C)cc2)cc1. The maximum absolute atomic E-state index is 13.3. The molecule has 0 aromatic heterocycles. The molecule has 1 atom stereocenters. The van der Waals surface area contributed by atoms with Gasteiger partial charge >= 0.3 is 0 Å². The minimum Gasteiger partial charge on any atom is -0.290 e. The summed E-state index contributed by atoms with van der Waals surface area (Å²) in [5.41, 5.74) is -1.04. The highest BCUT2D eigenvalue weighted by atomic mass is 32.2. The Morgan fingerprint density at radius 1 is 0.742 bits per heavy atom. The zero-order valence-electron chi connectivity index (χ0n) is 16.6. The third kappa shape index (κ3) is 5.07. The average molecular weight is 463 g/mol. The molecule has 9 heteroatoms. The Hall–Kier alpha value is -2.88. The van der Waals surface area contributed by atoms with Gasteiger partial charge in [0.05, 0.1) is 9.79 Å². The summed E-state index contributed by atoms with van der Waals surface area (Å²) in [6.07, 6.45) is 0. The van der Waals surface area contributed by atoms with Gasteiger partial charge in [-0.25, -0.2) is 17.0 Å². The third-order valence-corrected chi connectivity index (χ3v) is 7.72. The molecule has 0 amide bonds. The molecule has 0 aliphatic heterocycles. The van der Waals surface area contributed by atoms with Gasteiger partial charge in [-0.1, -0.05) is 35.4 Å². The highest BCUT2D eigenvalue weighted by Gasteiger charge is 2.40. The standard InChI is InChI=1S/C22H19FO6S2/c1-15-3-11-19(12-4-15)30(25,26)22(21(24)17-7-9-18(23)10-8-17)29-31(27,28)20-13-5-16(2)6-14-20/h3-14,22H,1-2H3. The number of Topliss-reactive ketones (excluding diaryl/α,β-unsaturated/α-hetero) is 1. The fraction of sp³-hybridized carbons (Fsp3) is 0.136. The van der Waals surface area contributed by atoms with Crippen LogP contribution in [0, 0.1) is 19.7 Å². The fourth-order valence-corrected chi connectivity index (χ4v) is 5.52. The van der Waals surface area contributed by atoms with Gasteiger partial charge in [0, 0.05) is 5.56 Å². The van der Waals surface area contributed by atoms with Crippen LogP contribution in [-0.2, 0) is 24.1 Å². The van der Waals surface area contributed by atoms with Crippen LogP contribution in [0.2, 0.25) is 0 Å². The van der Waals surface area contributed by atoms with Crippen LogP contribution in [0.25, 0.3) is 0 Å². The van der Waals surface area contributed by atoms with E-state index >= 15 is 0 Å². The van der Waals surface area contributed by atoms with E-state index in [4.69, 9.17) is 4.18 Å². The van der Waals surface area contributed by atoms with Gasteiger partial charge in [0.2, 0.25) is 21.1 Å². The molecule has 0 radical (unpaired) electrons. The van der Waals surface area contributed by atoms with Gasteiger partial charge in [-0.2, -0.15) is 8.42 Å². The van der Waals surface area contributed by atoms with Gasteiger partial charge in [0.25, 0.3) is 10.1 Å². The second-order valence-corrected chi connectivity index (χ2v) is 10.5. The van der Waals surface area contributed by atoms with Crippen molar-refractivity contribution in [1.82, 2.24) is 0 Å². The first-order valence-corrected chi connectivity index (χ1v) is 12.1. The zero-order valence-corrected chi connectivity index (χ0v) is 18.3. The van der Waals surface area contributed by atoms with E-state index in [1.165, 1.54) is 48.5 Å². The van der Waals surface area contributed by atoms with Gasteiger partial charge in [-0.15, -0.1) is 0 Å². The Labute approximate surface area is 180 Å². The van der Waals surface area contributed by atoms with E-state index in [-0.39, 0.29) is 15.4 Å². The van der Waals surface area contributed by atoms with Gasteiger partial charge in [-0.05, 0) is 62.4 Å². The summed E-state index contributed by atoms with van der Waals surface area (Å²) in [5, 5.41) is 0. The molecule has 3 rings (SSSR count). The number of halogens is 1. The summed E-state index contributed by atoms with van der Waals surface area (Å²) in [6.45, 7) is 3.50. The van der Waals surface area contributed by atoms with E-state index < -0.39 is 37.0 Å². The van der Waals surface area contributed by atoms with Crippen LogP contribution in [-0.4, -0.2) is 28.1 Å². The van der Waals surface area contributed by atoms with Crippen LogP contribution in [0.4, 0.5) is 4.39 Å². The van der Waals surface area contributed by atoms with Crippen LogP contribution >= 0.6 is 0 Å². The molecule has 0 saturated heterocycles. The first kappa shape index (κ1) is 22.8. The smallest absolute Gasteiger partial charge is 0.290 e. The van der Waals surface area contributed by atoms with Crippen LogP contribution in [0.1, 0.15) is 21.5 Å². The number of rotatable bonds is 7. The lowest BCUT2D eigenvalue weighted by atomic mass is 10.1. The van der Waals surface area contributed by atoms with E-state index in [1.807, 2.05) is 0 Å². The highest BCUT2D eigenvalue weighted by molar-refractivity contribution is 7.94. The number of sulfone groups is 1. The molecule has 0 fully saturated rings. The van der Waals surface area contributed by atoms with Crippen LogP contribution < -0.4 is 0 Å². The fourth-order valence-electron chi connectivity index (χ4n) is 2.71. The quantitative estimate of drug-likeness (QED) is 0.391. The van der Waals surface area contributed by atoms with Crippen molar-refractivity contribution in [3.8, 4) is 0 Å².